The number of nitrogens with one attached hydrogen (secondary N) is 2. The number of halogens is 1. The van der Waals surface area contributed by atoms with Crippen molar-refractivity contribution in [2.75, 3.05) is 26.7 Å². The van der Waals surface area contributed by atoms with Crippen LogP contribution in [0.25, 0.3) is 0 Å². The number of rotatable bonds is 9. The molecule has 2 N–H and O–H groups in total. The molecule has 0 aliphatic heterocycles. The van der Waals surface area contributed by atoms with E-state index < -0.39 is 0 Å². The SMILES string of the molecule is CCNC(=NCC(C)Oc1ccc(OC)cc1)NCCn1cccc1.I. The first-order valence-electron chi connectivity index (χ1n) is 8.65. The monoisotopic (exact) mass is 472 g/mol. The number of nitrogens with zero attached hydrogens (tertiary/aromatic N) is 2. The second kappa shape index (κ2) is 12.5. The Balaban J connectivity index is 0.00000338. The molecule has 2 aromatic rings. The smallest absolute Gasteiger partial charge is 0.191 e. The zero-order valence-electron chi connectivity index (χ0n) is 15.6. The van der Waals surface area contributed by atoms with Crippen LogP contribution in [-0.2, 0) is 6.54 Å². The van der Waals surface area contributed by atoms with Gasteiger partial charge < -0.3 is 24.7 Å². The molecule has 1 aromatic carbocycles. The molecule has 144 valence electrons. The van der Waals surface area contributed by atoms with E-state index in [9.17, 15) is 0 Å². The lowest BCUT2D eigenvalue weighted by molar-refractivity contribution is 0.230. The van der Waals surface area contributed by atoms with Crippen molar-refractivity contribution in [3.63, 3.8) is 0 Å². The second-order valence-corrected chi connectivity index (χ2v) is 5.67. The highest BCUT2D eigenvalue weighted by molar-refractivity contribution is 14.0. The summed E-state index contributed by atoms with van der Waals surface area (Å²) >= 11 is 0. The fourth-order valence-corrected chi connectivity index (χ4v) is 2.31. The lowest BCUT2D eigenvalue weighted by Gasteiger charge is -2.15. The van der Waals surface area contributed by atoms with Gasteiger partial charge in [0.2, 0.25) is 0 Å². The van der Waals surface area contributed by atoms with Crippen LogP contribution in [0.3, 0.4) is 0 Å². The van der Waals surface area contributed by atoms with Gasteiger partial charge in [-0.2, -0.15) is 0 Å². The molecule has 1 aromatic heterocycles. The quantitative estimate of drug-likeness (QED) is 0.335. The van der Waals surface area contributed by atoms with E-state index >= 15 is 0 Å². The third-order valence-corrected chi connectivity index (χ3v) is 3.58. The molecule has 0 saturated carbocycles. The van der Waals surface area contributed by atoms with Crippen LogP contribution in [0, 0.1) is 0 Å². The minimum Gasteiger partial charge on any atom is -0.497 e. The number of hydrogen-bond acceptors (Lipinski definition) is 3. The van der Waals surface area contributed by atoms with Crippen molar-refractivity contribution in [3.05, 3.63) is 48.8 Å². The van der Waals surface area contributed by atoms with Gasteiger partial charge in [0, 0.05) is 32.0 Å². The van der Waals surface area contributed by atoms with Crippen molar-refractivity contribution in [2.45, 2.75) is 26.5 Å². The molecule has 6 nitrogen and oxygen atoms in total. The van der Waals surface area contributed by atoms with E-state index in [4.69, 9.17) is 9.47 Å². The van der Waals surface area contributed by atoms with Crippen molar-refractivity contribution in [3.8, 4) is 11.5 Å². The molecule has 0 spiro atoms. The predicted octanol–water partition coefficient (Wildman–Crippen LogP) is 3.14. The Labute approximate surface area is 173 Å². The molecule has 1 unspecified atom stereocenters. The molecule has 0 fully saturated rings. The molecule has 0 aliphatic rings. The summed E-state index contributed by atoms with van der Waals surface area (Å²) in [5.74, 6) is 2.44. The Morgan fingerprint density at radius 3 is 2.38 bits per heavy atom. The molecule has 0 bridgehead atoms. The van der Waals surface area contributed by atoms with Crippen LogP contribution in [0.4, 0.5) is 0 Å². The van der Waals surface area contributed by atoms with Gasteiger partial charge in [-0.25, -0.2) is 4.99 Å². The Morgan fingerprint density at radius 2 is 1.77 bits per heavy atom. The summed E-state index contributed by atoms with van der Waals surface area (Å²) in [6.45, 7) is 7.18. The molecule has 0 amide bonds. The first-order valence-corrected chi connectivity index (χ1v) is 8.65. The van der Waals surface area contributed by atoms with Gasteiger partial charge >= 0.3 is 0 Å². The largest absolute Gasteiger partial charge is 0.497 e. The van der Waals surface area contributed by atoms with Crippen molar-refractivity contribution in [1.29, 1.82) is 0 Å². The van der Waals surface area contributed by atoms with Crippen LogP contribution in [0.2, 0.25) is 0 Å². The van der Waals surface area contributed by atoms with Crippen LogP contribution in [-0.4, -0.2) is 43.4 Å². The zero-order chi connectivity index (χ0) is 17.9. The summed E-state index contributed by atoms with van der Waals surface area (Å²) in [6, 6.07) is 11.6. The third-order valence-electron chi connectivity index (χ3n) is 3.58. The average Bonchev–Trinajstić information content (AvgIpc) is 3.14. The summed E-state index contributed by atoms with van der Waals surface area (Å²) in [4.78, 5) is 4.60. The number of methoxy groups -OCH3 is 1. The summed E-state index contributed by atoms with van der Waals surface area (Å²) in [5, 5.41) is 6.59. The van der Waals surface area contributed by atoms with Gasteiger partial charge in [-0.1, -0.05) is 0 Å². The lowest BCUT2D eigenvalue weighted by atomic mass is 10.3. The van der Waals surface area contributed by atoms with Crippen molar-refractivity contribution in [2.24, 2.45) is 4.99 Å². The van der Waals surface area contributed by atoms with E-state index in [0.29, 0.717) is 6.54 Å². The summed E-state index contributed by atoms with van der Waals surface area (Å²) in [7, 11) is 1.65. The summed E-state index contributed by atoms with van der Waals surface area (Å²) < 4.78 is 13.2. The van der Waals surface area contributed by atoms with E-state index in [1.54, 1.807) is 7.11 Å². The lowest BCUT2D eigenvalue weighted by Crippen LogP contribution is -2.39. The second-order valence-electron chi connectivity index (χ2n) is 5.67. The molecule has 0 saturated heterocycles. The van der Waals surface area contributed by atoms with Gasteiger partial charge in [-0.05, 0) is 50.2 Å². The number of aromatic nitrogens is 1. The van der Waals surface area contributed by atoms with Crippen LogP contribution in [0.1, 0.15) is 13.8 Å². The van der Waals surface area contributed by atoms with E-state index in [-0.39, 0.29) is 30.1 Å². The predicted molar refractivity (Wildman–Crippen MR) is 117 cm³/mol. The number of ether oxygens (including phenoxy) is 2. The van der Waals surface area contributed by atoms with Gasteiger partial charge in [0.1, 0.15) is 17.6 Å². The molecule has 26 heavy (non-hydrogen) atoms. The van der Waals surface area contributed by atoms with Gasteiger partial charge in [0.25, 0.3) is 0 Å². The summed E-state index contributed by atoms with van der Waals surface area (Å²) in [6.07, 6.45) is 4.08. The maximum Gasteiger partial charge on any atom is 0.191 e. The van der Waals surface area contributed by atoms with E-state index in [1.807, 2.05) is 43.3 Å². The molecule has 1 atom stereocenters. The highest BCUT2D eigenvalue weighted by Crippen LogP contribution is 2.18. The molecule has 0 radical (unpaired) electrons. The number of aliphatic imine (C=N–C) groups is 1. The average molecular weight is 472 g/mol. The Morgan fingerprint density at radius 1 is 1.12 bits per heavy atom. The fourth-order valence-electron chi connectivity index (χ4n) is 2.31. The normalized spacial score (nSPS) is 12.0. The zero-order valence-corrected chi connectivity index (χ0v) is 18.0. The van der Waals surface area contributed by atoms with Gasteiger partial charge in [0.15, 0.2) is 5.96 Å². The van der Waals surface area contributed by atoms with Gasteiger partial charge in [-0.3, -0.25) is 0 Å². The number of hydrogen-bond donors (Lipinski definition) is 2. The molecule has 1 heterocycles. The maximum atomic E-state index is 5.88. The van der Waals surface area contributed by atoms with Crippen molar-refractivity contribution < 1.29 is 9.47 Å². The first-order chi connectivity index (χ1) is 12.2. The third kappa shape index (κ3) is 7.99. The molecular formula is C19H29IN4O2. The van der Waals surface area contributed by atoms with Gasteiger partial charge in [0.05, 0.1) is 13.7 Å². The first kappa shape index (κ1) is 22.1. The van der Waals surface area contributed by atoms with Crippen molar-refractivity contribution >= 4 is 29.9 Å². The molecule has 2 rings (SSSR count). The standard InChI is InChI=1S/C19H28N4O2.HI/c1-4-20-19(21-11-14-23-12-5-6-13-23)22-15-16(2)25-18-9-7-17(24-3)8-10-18;/h5-10,12-13,16H,4,11,14-15H2,1-3H3,(H2,20,21,22);1H. The van der Waals surface area contributed by atoms with Crippen LogP contribution in [0.15, 0.2) is 53.8 Å². The molecule has 0 aliphatic carbocycles. The molecular weight excluding hydrogens is 443 g/mol. The molecule has 7 heteroatoms. The van der Waals surface area contributed by atoms with Gasteiger partial charge in [-0.15, -0.1) is 24.0 Å². The number of benzene rings is 1. The van der Waals surface area contributed by atoms with Crippen LogP contribution < -0.4 is 20.1 Å². The number of guanidine groups is 1. The topological polar surface area (TPSA) is 59.8 Å². The van der Waals surface area contributed by atoms with E-state index in [2.05, 4.69) is 39.5 Å². The fraction of sp³-hybridized carbons (Fsp3) is 0.421. The van der Waals surface area contributed by atoms with Crippen LogP contribution in [0.5, 0.6) is 11.5 Å². The van der Waals surface area contributed by atoms with E-state index in [0.717, 1.165) is 37.1 Å². The Bertz CT molecular complexity index is 629. The summed E-state index contributed by atoms with van der Waals surface area (Å²) in [5.41, 5.74) is 0. The highest BCUT2D eigenvalue weighted by atomic mass is 127. The minimum absolute atomic E-state index is 0. The minimum atomic E-state index is -0.0201. The maximum absolute atomic E-state index is 5.88. The van der Waals surface area contributed by atoms with Crippen LogP contribution >= 0.6 is 24.0 Å². The van der Waals surface area contributed by atoms with Crippen molar-refractivity contribution in [1.82, 2.24) is 15.2 Å². The Kier molecular flexibility index (Phi) is 10.6. The Hall–Kier alpha value is -1.90. The van der Waals surface area contributed by atoms with E-state index in [1.165, 1.54) is 0 Å². The highest BCUT2D eigenvalue weighted by Gasteiger charge is 2.05.